The van der Waals surface area contributed by atoms with Crippen LogP contribution in [0.4, 0.5) is 5.00 Å². The standard InChI is InChI=1S/C21H26N4O7S2/c1-6-32-18-15(31-4)8-7-13(22-18)14(11-34(5,29)30)25-20(27)12-10-33-19(17(12)21(25)28)23-16(26)9-24(2)3/h7-8,10,14H,6,9,11H2,1-5H3,(H,23,26). The van der Waals surface area contributed by atoms with Gasteiger partial charge in [-0.2, -0.15) is 0 Å². The van der Waals surface area contributed by atoms with E-state index in [1.54, 1.807) is 25.9 Å². The summed E-state index contributed by atoms with van der Waals surface area (Å²) < 4.78 is 35.2. The Morgan fingerprint density at radius 2 is 1.97 bits per heavy atom. The summed E-state index contributed by atoms with van der Waals surface area (Å²) in [5, 5.41) is 4.37. The van der Waals surface area contributed by atoms with Crippen molar-refractivity contribution in [3.63, 3.8) is 0 Å². The van der Waals surface area contributed by atoms with E-state index in [1.807, 2.05) is 0 Å². The average molecular weight is 511 g/mol. The molecule has 3 heterocycles. The van der Waals surface area contributed by atoms with Crippen LogP contribution in [-0.2, 0) is 14.6 Å². The first-order valence-corrected chi connectivity index (χ1v) is 13.2. The molecule has 1 aliphatic rings. The number of sulfone groups is 1. The maximum atomic E-state index is 13.4. The molecule has 1 aliphatic heterocycles. The number of thiophene rings is 1. The van der Waals surface area contributed by atoms with E-state index in [-0.39, 0.29) is 46.8 Å². The highest BCUT2D eigenvalue weighted by atomic mass is 32.2. The lowest BCUT2D eigenvalue weighted by Gasteiger charge is -2.26. The SMILES string of the molecule is CCOc1nc(C(CS(C)(=O)=O)N2C(=O)c3csc(NC(=O)CN(C)C)c3C2=O)ccc1OC. The number of carbonyl (C=O) groups is 3. The number of anilines is 1. The number of carbonyl (C=O) groups excluding carboxylic acids is 3. The van der Waals surface area contributed by atoms with E-state index in [4.69, 9.17) is 9.47 Å². The first-order valence-electron chi connectivity index (χ1n) is 10.3. The molecule has 3 rings (SSSR count). The molecule has 0 fully saturated rings. The van der Waals surface area contributed by atoms with Gasteiger partial charge in [0.05, 0.1) is 48.9 Å². The van der Waals surface area contributed by atoms with Crippen molar-refractivity contribution in [3.8, 4) is 11.6 Å². The largest absolute Gasteiger partial charge is 0.491 e. The summed E-state index contributed by atoms with van der Waals surface area (Å²) in [7, 11) is 1.25. The summed E-state index contributed by atoms with van der Waals surface area (Å²) >= 11 is 1.06. The molecule has 0 aromatic carbocycles. The van der Waals surface area contributed by atoms with E-state index in [0.29, 0.717) is 5.75 Å². The van der Waals surface area contributed by atoms with E-state index in [9.17, 15) is 22.8 Å². The molecule has 0 saturated heterocycles. The fourth-order valence-electron chi connectivity index (χ4n) is 3.50. The summed E-state index contributed by atoms with van der Waals surface area (Å²) in [4.78, 5) is 45.7. The van der Waals surface area contributed by atoms with Crippen LogP contribution in [0.25, 0.3) is 0 Å². The number of pyridine rings is 1. The van der Waals surface area contributed by atoms with E-state index >= 15 is 0 Å². The first-order chi connectivity index (χ1) is 16.0. The van der Waals surface area contributed by atoms with Crippen molar-refractivity contribution in [3.05, 3.63) is 34.3 Å². The number of ether oxygens (including phenoxy) is 2. The number of nitrogens with zero attached hydrogens (tertiary/aromatic N) is 3. The predicted octanol–water partition coefficient (Wildman–Crippen LogP) is 1.43. The van der Waals surface area contributed by atoms with Gasteiger partial charge in [0.1, 0.15) is 14.8 Å². The lowest BCUT2D eigenvalue weighted by molar-refractivity contribution is -0.116. The Kier molecular flexibility index (Phi) is 7.58. The monoisotopic (exact) mass is 510 g/mol. The molecule has 34 heavy (non-hydrogen) atoms. The molecule has 13 heteroatoms. The summed E-state index contributed by atoms with van der Waals surface area (Å²) in [5.41, 5.74) is 0.301. The van der Waals surface area contributed by atoms with Gasteiger partial charge in [0, 0.05) is 11.6 Å². The second kappa shape index (κ2) is 10.1. The van der Waals surface area contributed by atoms with Crippen molar-refractivity contribution in [1.82, 2.24) is 14.8 Å². The molecule has 184 valence electrons. The number of nitrogens with one attached hydrogen (secondary N) is 1. The van der Waals surface area contributed by atoms with Crippen LogP contribution < -0.4 is 14.8 Å². The Balaban J connectivity index is 2.02. The lowest BCUT2D eigenvalue weighted by atomic mass is 10.1. The number of fused-ring (bicyclic) bond motifs is 1. The van der Waals surface area contributed by atoms with Crippen LogP contribution >= 0.6 is 11.3 Å². The average Bonchev–Trinajstić information content (AvgIpc) is 3.25. The zero-order valence-electron chi connectivity index (χ0n) is 19.4. The van der Waals surface area contributed by atoms with Gasteiger partial charge < -0.3 is 19.7 Å². The zero-order chi connectivity index (χ0) is 25.2. The summed E-state index contributed by atoms with van der Waals surface area (Å²) in [6.45, 7) is 2.11. The third kappa shape index (κ3) is 5.37. The third-order valence-corrected chi connectivity index (χ3v) is 6.66. The minimum Gasteiger partial charge on any atom is -0.491 e. The number of likely N-dealkylation sites (N-methyl/N-ethyl adjacent to an activating group) is 1. The lowest BCUT2D eigenvalue weighted by Crippen LogP contribution is -2.38. The quantitative estimate of drug-likeness (QED) is 0.471. The van der Waals surface area contributed by atoms with E-state index in [2.05, 4.69) is 10.3 Å². The van der Waals surface area contributed by atoms with Gasteiger partial charge >= 0.3 is 0 Å². The number of methoxy groups -OCH3 is 1. The normalized spacial score (nSPS) is 14.4. The van der Waals surface area contributed by atoms with Gasteiger partial charge in [-0.3, -0.25) is 19.3 Å². The van der Waals surface area contributed by atoms with Gasteiger partial charge in [0.25, 0.3) is 17.7 Å². The Morgan fingerprint density at radius 1 is 1.26 bits per heavy atom. The van der Waals surface area contributed by atoms with Crippen molar-refractivity contribution in [2.45, 2.75) is 13.0 Å². The maximum absolute atomic E-state index is 13.4. The number of amides is 3. The Labute approximate surface area is 201 Å². The van der Waals surface area contributed by atoms with Gasteiger partial charge in [0.15, 0.2) is 5.75 Å². The van der Waals surface area contributed by atoms with Crippen molar-refractivity contribution in [1.29, 1.82) is 0 Å². The topological polar surface area (TPSA) is 135 Å². The molecule has 2 aromatic heterocycles. The molecule has 0 spiro atoms. The summed E-state index contributed by atoms with van der Waals surface area (Å²) in [6, 6.07) is 1.82. The molecular formula is C21H26N4O7S2. The van der Waals surface area contributed by atoms with Crippen molar-refractivity contribution >= 4 is 43.9 Å². The van der Waals surface area contributed by atoms with Crippen molar-refractivity contribution < 1.29 is 32.3 Å². The smallest absolute Gasteiger partial charge is 0.265 e. The fraction of sp³-hybridized carbons (Fsp3) is 0.429. The maximum Gasteiger partial charge on any atom is 0.265 e. The van der Waals surface area contributed by atoms with Crippen LogP contribution in [-0.4, -0.2) is 87.3 Å². The zero-order valence-corrected chi connectivity index (χ0v) is 21.1. The van der Waals surface area contributed by atoms with Crippen LogP contribution in [0.2, 0.25) is 0 Å². The second-order valence-corrected chi connectivity index (χ2v) is 11.0. The van der Waals surface area contributed by atoms with Crippen LogP contribution in [0, 0.1) is 0 Å². The molecule has 1 atom stereocenters. The second-order valence-electron chi connectivity index (χ2n) is 7.90. The number of hydrogen-bond donors (Lipinski definition) is 1. The minimum absolute atomic E-state index is 0.0409. The van der Waals surface area contributed by atoms with Crippen LogP contribution in [0.1, 0.15) is 39.4 Å². The Hall–Kier alpha value is -3.03. The van der Waals surface area contributed by atoms with Gasteiger partial charge in [0.2, 0.25) is 5.91 Å². The van der Waals surface area contributed by atoms with E-state index in [0.717, 1.165) is 22.5 Å². The molecule has 0 bridgehead atoms. The Morgan fingerprint density at radius 3 is 2.56 bits per heavy atom. The van der Waals surface area contributed by atoms with Crippen molar-refractivity contribution in [2.24, 2.45) is 0 Å². The van der Waals surface area contributed by atoms with Crippen LogP contribution in [0.15, 0.2) is 17.5 Å². The molecule has 0 radical (unpaired) electrons. The molecule has 0 saturated carbocycles. The number of rotatable bonds is 10. The molecule has 1 unspecified atom stereocenters. The Bertz CT molecular complexity index is 1220. The summed E-state index contributed by atoms with van der Waals surface area (Å²) in [6.07, 6.45) is 1.01. The molecule has 0 aliphatic carbocycles. The third-order valence-electron chi connectivity index (χ3n) is 4.85. The van der Waals surface area contributed by atoms with Gasteiger partial charge in [-0.15, -0.1) is 11.3 Å². The van der Waals surface area contributed by atoms with E-state index < -0.39 is 33.4 Å². The number of aromatic nitrogens is 1. The minimum atomic E-state index is -3.64. The predicted molar refractivity (Wildman–Crippen MR) is 126 cm³/mol. The summed E-state index contributed by atoms with van der Waals surface area (Å²) in [5.74, 6) is -1.80. The van der Waals surface area contributed by atoms with Crippen LogP contribution in [0.3, 0.4) is 0 Å². The van der Waals surface area contributed by atoms with Gasteiger partial charge in [-0.25, -0.2) is 13.4 Å². The van der Waals surface area contributed by atoms with Gasteiger partial charge in [-0.1, -0.05) is 0 Å². The molecule has 11 nitrogen and oxygen atoms in total. The number of hydrogen-bond acceptors (Lipinski definition) is 10. The first kappa shape index (κ1) is 25.6. The van der Waals surface area contributed by atoms with Crippen molar-refractivity contribution in [2.75, 3.05) is 51.7 Å². The fourth-order valence-corrected chi connectivity index (χ4v) is 5.34. The highest BCUT2D eigenvalue weighted by Gasteiger charge is 2.45. The van der Waals surface area contributed by atoms with Gasteiger partial charge in [-0.05, 0) is 33.2 Å². The molecule has 3 amide bonds. The molecular weight excluding hydrogens is 484 g/mol. The number of imide groups is 1. The molecule has 2 aromatic rings. The highest BCUT2D eigenvalue weighted by Crippen LogP contribution is 2.40. The van der Waals surface area contributed by atoms with E-state index in [1.165, 1.54) is 24.6 Å². The molecule has 1 N–H and O–H groups in total. The van der Waals surface area contributed by atoms with Crippen LogP contribution in [0.5, 0.6) is 11.6 Å². The highest BCUT2D eigenvalue weighted by molar-refractivity contribution is 7.90.